The Morgan fingerprint density at radius 2 is 1.41 bits per heavy atom. The smallest absolute Gasteiger partial charge is 0.587 e. The number of nitriles is 1. The molecule has 0 saturated carbocycles. The van der Waals surface area contributed by atoms with Gasteiger partial charge in [-0.3, -0.25) is 0 Å². The third-order valence-corrected chi connectivity index (χ3v) is 6.21. The number of benzene rings is 5. The summed E-state index contributed by atoms with van der Waals surface area (Å²) in [7, 11) is 0. The number of amides is 2. The van der Waals surface area contributed by atoms with Crippen molar-refractivity contribution in [3.63, 3.8) is 0 Å². The van der Waals surface area contributed by atoms with E-state index in [1.807, 2.05) is 36.4 Å². The van der Waals surface area contributed by atoms with Crippen molar-refractivity contribution < 1.29 is 67.8 Å². The summed E-state index contributed by atoms with van der Waals surface area (Å²) in [6.07, 6.45) is 0. The fourth-order valence-electron chi connectivity index (χ4n) is 4.54. The topological polar surface area (TPSA) is 72.0 Å². The monoisotopic (exact) mass is 508 g/mol. The van der Waals surface area contributed by atoms with Gasteiger partial charge >= 0.3 is 58.2 Å². The van der Waals surface area contributed by atoms with Gasteiger partial charge in [0, 0.05) is 37.1 Å². The second kappa shape index (κ2) is 6.66. The van der Waals surface area contributed by atoms with Gasteiger partial charge in [-0.05, 0) is 33.7 Å². The molecule has 6 heteroatoms. The summed E-state index contributed by atoms with van der Waals surface area (Å²) in [4.78, 5) is 25.0. The Labute approximate surface area is 222 Å². The molecular formula is C23H8BrN2O2Rb. The Balaban J connectivity index is 0.00000181. The Hall–Kier alpha value is -1.68. The Morgan fingerprint density at radius 3 is 2.07 bits per heavy atom. The van der Waals surface area contributed by atoms with Crippen LogP contribution in [0.5, 0.6) is 0 Å². The largest absolute Gasteiger partial charge is 1.00 e. The van der Waals surface area contributed by atoms with Gasteiger partial charge in [-0.2, -0.15) is 5.26 Å². The first-order valence-electron chi connectivity index (χ1n) is 8.66. The van der Waals surface area contributed by atoms with Crippen LogP contribution in [0.3, 0.4) is 0 Å². The van der Waals surface area contributed by atoms with E-state index in [4.69, 9.17) is 0 Å². The number of imide groups is 1. The molecule has 2 amide bonds. The molecule has 4 nitrogen and oxygen atoms in total. The van der Waals surface area contributed by atoms with Gasteiger partial charge in [-0.25, -0.2) is 0 Å². The zero-order chi connectivity index (χ0) is 19.2. The van der Waals surface area contributed by atoms with E-state index < -0.39 is 11.8 Å². The van der Waals surface area contributed by atoms with Gasteiger partial charge in [0.2, 0.25) is 0 Å². The number of fused-ring (bicyclic) bond motifs is 2. The zero-order valence-corrected chi connectivity index (χ0v) is 21.7. The first-order chi connectivity index (χ1) is 13.6. The molecule has 0 atom stereocenters. The maximum Gasteiger partial charge on any atom is 1.00 e. The van der Waals surface area contributed by atoms with Crippen LogP contribution in [0.1, 0.15) is 26.3 Å². The van der Waals surface area contributed by atoms with E-state index in [1.54, 1.807) is 12.1 Å². The van der Waals surface area contributed by atoms with E-state index in [9.17, 15) is 14.9 Å². The first kappa shape index (κ1) is 19.3. The van der Waals surface area contributed by atoms with E-state index in [1.165, 1.54) is 0 Å². The van der Waals surface area contributed by atoms with Crippen LogP contribution in [-0.2, 0) is 0 Å². The predicted molar refractivity (Wildman–Crippen MR) is 112 cm³/mol. The van der Waals surface area contributed by atoms with Gasteiger partial charge in [-0.1, -0.05) is 52.3 Å². The fraction of sp³-hybridized carbons (Fsp3) is 0. The molecule has 0 spiro atoms. The van der Waals surface area contributed by atoms with E-state index in [2.05, 4.69) is 27.3 Å². The molecule has 0 saturated heterocycles. The van der Waals surface area contributed by atoms with Crippen molar-refractivity contribution in [2.24, 2.45) is 0 Å². The average molecular weight is 510 g/mol. The number of carbonyl (C=O) groups is 2. The minimum absolute atomic E-state index is 0. The second-order valence-electron chi connectivity index (χ2n) is 6.92. The van der Waals surface area contributed by atoms with E-state index in [-0.39, 0.29) is 58.2 Å². The molecule has 1 aliphatic heterocycles. The van der Waals surface area contributed by atoms with Crippen LogP contribution in [-0.4, -0.2) is 11.8 Å². The molecule has 0 aliphatic carbocycles. The van der Waals surface area contributed by atoms with E-state index in [0.717, 1.165) is 42.2 Å². The quantitative estimate of drug-likeness (QED) is 0.183. The number of hydrogen-bond donors (Lipinski definition) is 0. The van der Waals surface area contributed by atoms with E-state index in [0.29, 0.717) is 22.1 Å². The number of carbonyl (C=O) groups excluding carboxylic acids is 2. The van der Waals surface area contributed by atoms with Gasteiger partial charge in [0.05, 0.1) is 23.4 Å². The maximum atomic E-state index is 12.5. The van der Waals surface area contributed by atoms with Crippen molar-refractivity contribution in [1.29, 1.82) is 5.26 Å². The van der Waals surface area contributed by atoms with Crippen LogP contribution in [0.4, 0.5) is 0 Å². The molecule has 29 heavy (non-hydrogen) atoms. The van der Waals surface area contributed by atoms with Crippen molar-refractivity contribution in [3.05, 3.63) is 75.0 Å². The molecule has 0 N–H and O–H groups in total. The van der Waals surface area contributed by atoms with Crippen molar-refractivity contribution in [3.8, 4) is 6.07 Å². The standard InChI is InChI=1S/C23H9BrN2O2.Rb/c24-16-8-15-19-14(22(27)26-23(15)28)7-11(9-25)18-12-5-1-3-10-4-2-6-13(17(10)12)20(16)21(18)19;/h1-8H,(H,26,27,28);/q;+1/p-1. The minimum Gasteiger partial charge on any atom is -0.587 e. The van der Waals surface area contributed by atoms with E-state index >= 15 is 0 Å². The first-order valence-corrected chi connectivity index (χ1v) is 9.45. The molecular weight excluding hydrogens is 502 g/mol. The summed E-state index contributed by atoms with van der Waals surface area (Å²) in [5, 5.41) is 20.6. The average Bonchev–Trinajstić information content (AvgIpc) is 2.70. The number of nitrogens with zero attached hydrogens (tertiary/aromatic N) is 2. The number of rotatable bonds is 0. The van der Waals surface area contributed by atoms with Crippen LogP contribution < -0.4 is 58.2 Å². The second-order valence-corrected chi connectivity index (χ2v) is 7.78. The summed E-state index contributed by atoms with van der Waals surface area (Å²) >= 11 is 3.63. The maximum absolute atomic E-state index is 12.5. The predicted octanol–water partition coefficient (Wildman–Crippen LogP) is 3.04. The molecule has 0 unspecified atom stereocenters. The van der Waals surface area contributed by atoms with Crippen LogP contribution in [0, 0.1) is 11.3 Å². The third kappa shape index (κ3) is 2.41. The molecule has 5 aromatic carbocycles. The Bertz CT molecular complexity index is 1600. The van der Waals surface area contributed by atoms with Crippen molar-refractivity contribution in [2.45, 2.75) is 0 Å². The Morgan fingerprint density at radius 1 is 0.793 bits per heavy atom. The zero-order valence-electron chi connectivity index (χ0n) is 15.2. The summed E-state index contributed by atoms with van der Waals surface area (Å²) in [6.45, 7) is 0. The number of hydrogen-bond acceptors (Lipinski definition) is 3. The normalized spacial score (nSPS) is 13.1. The third-order valence-electron chi connectivity index (χ3n) is 5.58. The van der Waals surface area contributed by atoms with Gasteiger partial charge in [0.15, 0.2) is 0 Å². The molecule has 6 rings (SSSR count). The van der Waals surface area contributed by atoms with Gasteiger partial charge in [0.1, 0.15) is 0 Å². The minimum atomic E-state index is -0.592. The van der Waals surface area contributed by atoms with Crippen LogP contribution in [0.15, 0.2) is 53.0 Å². The summed E-state index contributed by atoms with van der Waals surface area (Å²) < 4.78 is 0.747. The van der Waals surface area contributed by atoms with Crippen LogP contribution in [0.25, 0.3) is 48.4 Å². The van der Waals surface area contributed by atoms with Gasteiger partial charge in [0.25, 0.3) is 0 Å². The summed E-state index contributed by atoms with van der Waals surface area (Å²) in [5.41, 5.74) is 1.11. The SMILES string of the molecule is N#Cc1cc2c3c(cc(Br)c4c5cccc6cccc(c1c34)c65)C(=O)[N-]C2=O.[Rb+]. The van der Waals surface area contributed by atoms with Gasteiger partial charge < -0.3 is 14.9 Å². The molecule has 1 heterocycles. The molecule has 0 aromatic heterocycles. The fourth-order valence-corrected chi connectivity index (χ4v) is 5.18. The molecule has 0 bridgehead atoms. The van der Waals surface area contributed by atoms with Crippen LogP contribution in [0.2, 0.25) is 0 Å². The molecule has 0 radical (unpaired) electrons. The summed E-state index contributed by atoms with van der Waals surface area (Å²) in [6, 6.07) is 17.6. The molecule has 130 valence electrons. The Kier molecular flexibility index (Phi) is 4.43. The van der Waals surface area contributed by atoms with Crippen molar-refractivity contribution in [1.82, 2.24) is 0 Å². The molecule has 0 fully saturated rings. The number of halogens is 1. The molecule has 5 aromatic rings. The van der Waals surface area contributed by atoms with Crippen molar-refractivity contribution >= 4 is 70.8 Å². The molecule has 1 aliphatic rings. The summed E-state index contributed by atoms with van der Waals surface area (Å²) in [5.74, 6) is -1.14. The van der Waals surface area contributed by atoms with Crippen molar-refractivity contribution in [2.75, 3.05) is 0 Å². The van der Waals surface area contributed by atoms with Crippen LogP contribution >= 0.6 is 15.9 Å². The van der Waals surface area contributed by atoms with Gasteiger partial charge in [-0.15, -0.1) is 0 Å².